The molecule has 0 aliphatic heterocycles. The van der Waals surface area contributed by atoms with Crippen molar-refractivity contribution < 1.29 is 0 Å². The van der Waals surface area contributed by atoms with Crippen molar-refractivity contribution in [1.82, 2.24) is 19.9 Å². The molecule has 1 aliphatic rings. The van der Waals surface area contributed by atoms with Crippen molar-refractivity contribution in [3.05, 3.63) is 252 Å². The van der Waals surface area contributed by atoms with Crippen LogP contribution in [0.5, 0.6) is 0 Å². The minimum atomic E-state index is -0.598. The number of fused-ring (bicyclic) bond motifs is 3. The van der Waals surface area contributed by atoms with E-state index in [9.17, 15) is 0 Å². The number of aromatic nitrogens is 4. The normalized spacial score (nSPS) is 12.4. The highest BCUT2D eigenvalue weighted by Crippen LogP contribution is 2.56. The van der Waals surface area contributed by atoms with Gasteiger partial charge in [-0.2, -0.15) is 0 Å². The van der Waals surface area contributed by atoms with Crippen molar-refractivity contribution in [3.63, 3.8) is 0 Å². The third-order valence-electron chi connectivity index (χ3n) is 12.6. The summed E-state index contributed by atoms with van der Waals surface area (Å²) in [5, 5.41) is 0. The molecule has 11 rings (SSSR count). The average molecular weight is 807 g/mol. The van der Waals surface area contributed by atoms with Gasteiger partial charge in [0.1, 0.15) is 5.82 Å². The van der Waals surface area contributed by atoms with E-state index >= 15 is 0 Å². The topological polar surface area (TPSA) is 51.6 Å². The van der Waals surface area contributed by atoms with E-state index < -0.39 is 5.41 Å². The second-order valence-corrected chi connectivity index (χ2v) is 16.3. The van der Waals surface area contributed by atoms with E-state index in [0.29, 0.717) is 17.5 Å². The molecule has 0 fully saturated rings. The molecule has 1 aliphatic carbocycles. The van der Waals surface area contributed by atoms with Crippen molar-refractivity contribution >= 4 is 0 Å². The van der Waals surface area contributed by atoms with Gasteiger partial charge < -0.3 is 0 Å². The van der Waals surface area contributed by atoms with Gasteiger partial charge in [-0.1, -0.05) is 182 Å². The monoisotopic (exact) mass is 806 g/mol. The molecule has 0 radical (unpaired) electrons. The molecular weight excluding hydrogens is 765 g/mol. The minimum absolute atomic E-state index is 0.598. The molecule has 0 bridgehead atoms. The Kier molecular flexibility index (Phi) is 9.47. The molecule has 8 aromatic carbocycles. The number of rotatable bonds is 8. The third-order valence-corrected chi connectivity index (χ3v) is 12.6. The van der Waals surface area contributed by atoms with E-state index in [2.05, 4.69) is 206 Å². The third kappa shape index (κ3) is 6.64. The van der Waals surface area contributed by atoms with Crippen LogP contribution in [0, 0.1) is 13.8 Å². The van der Waals surface area contributed by atoms with Crippen LogP contribution in [0.15, 0.2) is 219 Å². The summed E-state index contributed by atoms with van der Waals surface area (Å²) in [4.78, 5) is 19.4. The zero-order valence-electron chi connectivity index (χ0n) is 35.1. The summed E-state index contributed by atoms with van der Waals surface area (Å²) < 4.78 is 0. The Bertz CT molecular complexity index is 3270. The summed E-state index contributed by atoms with van der Waals surface area (Å²) in [7, 11) is 0. The van der Waals surface area contributed by atoms with Crippen LogP contribution in [0.25, 0.3) is 78.4 Å². The molecular formula is C59H42N4. The van der Waals surface area contributed by atoms with Gasteiger partial charge in [0.25, 0.3) is 0 Å². The van der Waals surface area contributed by atoms with Gasteiger partial charge in [-0.05, 0) is 116 Å². The van der Waals surface area contributed by atoms with Crippen molar-refractivity contribution in [3.8, 4) is 78.4 Å². The van der Waals surface area contributed by atoms with Crippen molar-refractivity contribution in [2.24, 2.45) is 0 Å². The van der Waals surface area contributed by atoms with Gasteiger partial charge in [-0.25, -0.2) is 15.0 Å². The first-order valence-electron chi connectivity index (χ1n) is 21.4. The molecule has 10 aromatic rings. The lowest BCUT2D eigenvalue weighted by Gasteiger charge is -2.34. The Labute approximate surface area is 368 Å². The second-order valence-electron chi connectivity index (χ2n) is 16.3. The maximum absolute atomic E-state index is 5.19. The Morgan fingerprint density at radius 2 is 0.873 bits per heavy atom. The molecule has 0 atom stereocenters. The van der Waals surface area contributed by atoms with Crippen LogP contribution in [0.3, 0.4) is 0 Å². The number of benzene rings is 8. The molecule has 0 saturated carbocycles. The van der Waals surface area contributed by atoms with E-state index in [1.54, 1.807) is 0 Å². The number of aryl methyl sites for hydroxylation is 2. The molecule has 63 heavy (non-hydrogen) atoms. The molecule has 0 unspecified atom stereocenters. The first-order chi connectivity index (χ1) is 31.0. The summed E-state index contributed by atoms with van der Waals surface area (Å²) >= 11 is 0. The highest BCUT2D eigenvalue weighted by molar-refractivity contribution is 5.87. The largest absolute Gasteiger partial charge is 0.264 e. The molecule has 0 saturated heterocycles. The van der Waals surface area contributed by atoms with Gasteiger partial charge in [0.15, 0.2) is 11.6 Å². The summed E-state index contributed by atoms with van der Waals surface area (Å²) in [6, 6.07) is 74.2. The molecule has 0 spiro atoms. The summed E-state index contributed by atoms with van der Waals surface area (Å²) in [5.74, 6) is 1.98. The lowest BCUT2D eigenvalue weighted by molar-refractivity contribution is 0.768. The maximum atomic E-state index is 5.19. The van der Waals surface area contributed by atoms with Crippen LogP contribution in [-0.4, -0.2) is 19.9 Å². The Hall–Kier alpha value is -8.08. The zero-order valence-corrected chi connectivity index (χ0v) is 35.1. The van der Waals surface area contributed by atoms with E-state index in [-0.39, 0.29) is 0 Å². The van der Waals surface area contributed by atoms with Crippen LogP contribution in [0.1, 0.15) is 33.6 Å². The fourth-order valence-electron chi connectivity index (χ4n) is 9.62. The Morgan fingerprint density at radius 3 is 1.57 bits per heavy atom. The molecule has 4 nitrogen and oxygen atoms in total. The molecule has 4 heteroatoms. The fourth-order valence-corrected chi connectivity index (χ4v) is 9.62. The first kappa shape index (κ1) is 37.9. The molecule has 298 valence electrons. The average Bonchev–Trinajstić information content (AvgIpc) is 3.65. The molecule has 2 aromatic heterocycles. The minimum Gasteiger partial charge on any atom is -0.264 e. The predicted octanol–water partition coefficient (Wildman–Crippen LogP) is 14.2. The van der Waals surface area contributed by atoms with Gasteiger partial charge >= 0.3 is 0 Å². The maximum Gasteiger partial charge on any atom is 0.164 e. The van der Waals surface area contributed by atoms with Gasteiger partial charge in [0.2, 0.25) is 0 Å². The second kappa shape index (κ2) is 15.7. The van der Waals surface area contributed by atoms with E-state index in [1.807, 2.05) is 31.5 Å². The lowest BCUT2D eigenvalue weighted by atomic mass is 9.67. The molecule has 2 heterocycles. The summed E-state index contributed by atoms with van der Waals surface area (Å²) in [5.41, 5.74) is 19.1. The van der Waals surface area contributed by atoms with E-state index in [0.717, 1.165) is 38.9 Å². The van der Waals surface area contributed by atoms with Crippen LogP contribution in [-0.2, 0) is 5.41 Å². The summed E-state index contributed by atoms with van der Waals surface area (Å²) in [6.07, 6.45) is 3.80. The zero-order chi connectivity index (χ0) is 42.3. The number of hydrogen-bond donors (Lipinski definition) is 0. The van der Waals surface area contributed by atoms with Crippen molar-refractivity contribution in [1.29, 1.82) is 0 Å². The van der Waals surface area contributed by atoms with E-state index in [1.165, 1.54) is 55.6 Å². The Balaban J connectivity index is 1.02. The van der Waals surface area contributed by atoms with Gasteiger partial charge in [0, 0.05) is 29.1 Å². The number of pyridine rings is 1. The van der Waals surface area contributed by atoms with Crippen LogP contribution in [0.4, 0.5) is 0 Å². The van der Waals surface area contributed by atoms with Gasteiger partial charge in [0.05, 0.1) is 5.41 Å². The van der Waals surface area contributed by atoms with Crippen LogP contribution < -0.4 is 0 Å². The number of nitrogens with zero attached hydrogens (tertiary/aromatic N) is 4. The SMILES string of the molecule is Cc1nc(-c2cccc(C3(c4ccc(-c5cccc(-c6cccc(-c7cnccc7C)c6)c5)cc4)c4ccccc4-c4ccccc43)c2)nc(-c2ccccc2-c2ccccc2)n1. The highest BCUT2D eigenvalue weighted by Gasteiger charge is 2.46. The quantitative estimate of drug-likeness (QED) is 0.153. The van der Waals surface area contributed by atoms with E-state index in [4.69, 9.17) is 15.0 Å². The van der Waals surface area contributed by atoms with Crippen LogP contribution in [0.2, 0.25) is 0 Å². The lowest BCUT2D eigenvalue weighted by Crippen LogP contribution is -2.28. The van der Waals surface area contributed by atoms with Crippen molar-refractivity contribution in [2.45, 2.75) is 19.3 Å². The van der Waals surface area contributed by atoms with Gasteiger partial charge in [-0.15, -0.1) is 0 Å². The predicted molar refractivity (Wildman–Crippen MR) is 257 cm³/mol. The Morgan fingerprint density at radius 1 is 0.333 bits per heavy atom. The molecule has 0 N–H and O–H groups in total. The highest BCUT2D eigenvalue weighted by atomic mass is 15.0. The molecule has 0 amide bonds. The van der Waals surface area contributed by atoms with Crippen LogP contribution >= 0.6 is 0 Å². The first-order valence-corrected chi connectivity index (χ1v) is 21.4. The smallest absolute Gasteiger partial charge is 0.164 e. The number of hydrogen-bond acceptors (Lipinski definition) is 4. The summed E-state index contributed by atoms with van der Waals surface area (Å²) in [6.45, 7) is 4.09. The fraction of sp³-hybridized carbons (Fsp3) is 0.0508. The van der Waals surface area contributed by atoms with Crippen molar-refractivity contribution in [2.75, 3.05) is 0 Å². The standard InChI is InChI=1S/C59H42N4/c1-39-33-34-60-38-54(39)46-20-13-19-45(36-46)44-18-12-17-43(35-44)41-29-31-48(32-30-41)59(55-27-10-8-24-51(55)52-25-9-11-28-56(52)59)49-22-14-21-47(37-49)57-61-40(2)62-58(63-57)53-26-7-6-23-50(53)42-15-4-3-5-16-42/h3-38H,1-2H3. The van der Waals surface area contributed by atoms with Gasteiger partial charge in [-0.3, -0.25) is 4.98 Å².